The van der Waals surface area contributed by atoms with Gasteiger partial charge in [0.15, 0.2) is 0 Å². The van der Waals surface area contributed by atoms with Crippen molar-refractivity contribution >= 4 is 24.6 Å². The maximum absolute atomic E-state index is 12.3. The van der Waals surface area contributed by atoms with Gasteiger partial charge in [0, 0.05) is 5.75 Å². The van der Waals surface area contributed by atoms with Crippen molar-refractivity contribution in [2.75, 3.05) is 5.75 Å². The molecule has 0 spiro atoms. The lowest BCUT2D eigenvalue weighted by Crippen LogP contribution is -2.48. The SMILES string of the molecule is CC(NC(=O)[C@H](CS)NC(=O)OCc1ccccc1)c1ccccc1. The lowest BCUT2D eigenvalue weighted by molar-refractivity contribution is -0.123. The molecule has 0 heterocycles. The van der Waals surface area contributed by atoms with Gasteiger partial charge in [-0.3, -0.25) is 4.79 Å². The molecule has 2 aromatic carbocycles. The van der Waals surface area contributed by atoms with Crippen LogP contribution in [-0.4, -0.2) is 23.8 Å². The molecule has 6 heteroatoms. The number of rotatable bonds is 7. The summed E-state index contributed by atoms with van der Waals surface area (Å²) in [5.74, 6) is -0.128. The summed E-state index contributed by atoms with van der Waals surface area (Å²) < 4.78 is 5.14. The van der Waals surface area contributed by atoms with E-state index in [4.69, 9.17) is 4.74 Å². The van der Waals surface area contributed by atoms with Crippen molar-refractivity contribution in [2.24, 2.45) is 0 Å². The average molecular weight is 358 g/mol. The van der Waals surface area contributed by atoms with E-state index in [1.807, 2.05) is 67.6 Å². The Kier molecular flexibility index (Phi) is 7.35. The summed E-state index contributed by atoms with van der Waals surface area (Å²) in [5.41, 5.74) is 1.86. The second-order valence-electron chi connectivity index (χ2n) is 5.58. The van der Waals surface area contributed by atoms with Gasteiger partial charge in [-0.05, 0) is 18.1 Å². The Morgan fingerprint density at radius 2 is 1.60 bits per heavy atom. The van der Waals surface area contributed by atoms with Crippen LogP contribution in [0.1, 0.15) is 24.1 Å². The monoisotopic (exact) mass is 358 g/mol. The van der Waals surface area contributed by atoms with E-state index in [9.17, 15) is 9.59 Å². The van der Waals surface area contributed by atoms with Crippen molar-refractivity contribution in [3.63, 3.8) is 0 Å². The quantitative estimate of drug-likeness (QED) is 0.666. The normalized spacial score (nSPS) is 12.7. The van der Waals surface area contributed by atoms with Gasteiger partial charge in [-0.15, -0.1) is 0 Å². The molecule has 0 aromatic heterocycles. The lowest BCUT2D eigenvalue weighted by atomic mass is 10.1. The van der Waals surface area contributed by atoms with E-state index in [2.05, 4.69) is 23.3 Å². The van der Waals surface area contributed by atoms with Gasteiger partial charge >= 0.3 is 6.09 Å². The summed E-state index contributed by atoms with van der Waals surface area (Å²) in [6, 6.07) is 18.0. The highest BCUT2D eigenvalue weighted by molar-refractivity contribution is 7.80. The molecule has 0 aliphatic heterocycles. The van der Waals surface area contributed by atoms with Gasteiger partial charge in [-0.1, -0.05) is 60.7 Å². The van der Waals surface area contributed by atoms with E-state index in [-0.39, 0.29) is 24.3 Å². The molecule has 2 atom stereocenters. The summed E-state index contributed by atoms with van der Waals surface area (Å²) >= 11 is 4.15. The van der Waals surface area contributed by atoms with Crippen LogP contribution in [0.25, 0.3) is 0 Å². The van der Waals surface area contributed by atoms with Gasteiger partial charge in [0.25, 0.3) is 0 Å². The molecule has 2 N–H and O–H groups in total. The molecule has 5 nitrogen and oxygen atoms in total. The van der Waals surface area contributed by atoms with Crippen molar-refractivity contribution < 1.29 is 14.3 Å². The number of hydrogen-bond acceptors (Lipinski definition) is 4. The van der Waals surface area contributed by atoms with Crippen molar-refractivity contribution in [2.45, 2.75) is 25.6 Å². The first kappa shape index (κ1) is 18.9. The van der Waals surface area contributed by atoms with E-state index in [1.54, 1.807) is 0 Å². The Hall–Kier alpha value is -2.47. The third-order valence-corrected chi connectivity index (χ3v) is 4.03. The number of ether oxygens (including phenoxy) is 1. The molecule has 0 fully saturated rings. The van der Waals surface area contributed by atoms with Crippen molar-refractivity contribution in [1.29, 1.82) is 0 Å². The van der Waals surface area contributed by atoms with Crippen LogP contribution in [0, 0.1) is 0 Å². The van der Waals surface area contributed by atoms with E-state index >= 15 is 0 Å². The minimum absolute atomic E-state index is 0.147. The molecule has 132 valence electrons. The first-order valence-electron chi connectivity index (χ1n) is 8.03. The molecule has 2 amide bonds. The van der Waals surface area contributed by atoms with E-state index in [0.717, 1.165) is 11.1 Å². The Morgan fingerprint density at radius 1 is 1.00 bits per heavy atom. The maximum Gasteiger partial charge on any atom is 0.408 e. The van der Waals surface area contributed by atoms with Crippen LogP contribution in [0.3, 0.4) is 0 Å². The number of thiol groups is 1. The average Bonchev–Trinajstić information content (AvgIpc) is 2.65. The van der Waals surface area contributed by atoms with Crippen LogP contribution >= 0.6 is 12.6 Å². The first-order chi connectivity index (χ1) is 12.1. The lowest BCUT2D eigenvalue weighted by Gasteiger charge is -2.20. The second-order valence-corrected chi connectivity index (χ2v) is 5.95. The van der Waals surface area contributed by atoms with Crippen LogP contribution in [0.15, 0.2) is 60.7 Å². The highest BCUT2D eigenvalue weighted by Crippen LogP contribution is 2.11. The van der Waals surface area contributed by atoms with Gasteiger partial charge in [-0.25, -0.2) is 4.79 Å². The first-order valence-corrected chi connectivity index (χ1v) is 8.66. The number of alkyl carbamates (subject to hydrolysis) is 1. The highest BCUT2D eigenvalue weighted by atomic mass is 32.1. The Labute approximate surface area is 153 Å². The third-order valence-electron chi connectivity index (χ3n) is 3.66. The standard InChI is InChI=1S/C19H22N2O3S/c1-14(16-10-6-3-7-11-16)20-18(22)17(13-25)21-19(23)24-12-15-8-4-2-5-9-15/h2-11,14,17,25H,12-13H2,1H3,(H,20,22)(H,21,23)/t14?,17-/m0/s1. The van der Waals surface area contributed by atoms with Crippen LogP contribution in [0.4, 0.5) is 4.79 Å². The molecule has 0 aliphatic rings. The van der Waals surface area contributed by atoms with Crippen LogP contribution < -0.4 is 10.6 Å². The topological polar surface area (TPSA) is 67.4 Å². The number of carbonyl (C=O) groups excluding carboxylic acids is 2. The molecule has 0 radical (unpaired) electrons. The zero-order chi connectivity index (χ0) is 18.1. The van der Waals surface area contributed by atoms with Crippen molar-refractivity contribution in [3.8, 4) is 0 Å². The number of carbonyl (C=O) groups is 2. The van der Waals surface area contributed by atoms with Crippen molar-refractivity contribution in [3.05, 3.63) is 71.8 Å². The zero-order valence-corrected chi connectivity index (χ0v) is 14.9. The molecule has 2 aromatic rings. The second kappa shape index (κ2) is 9.74. The largest absolute Gasteiger partial charge is 0.445 e. The summed E-state index contributed by atoms with van der Waals surface area (Å²) in [6.07, 6.45) is -0.648. The fourth-order valence-corrected chi connectivity index (χ4v) is 2.50. The predicted molar refractivity (Wildman–Crippen MR) is 100 cm³/mol. The number of hydrogen-bond donors (Lipinski definition) is 3. The molecule has 0 saturated heterocycles. The smallest absolute Gasteiger partial charge is 0.408 e. The van der Waals surface area contributed by atoms with Gasteiger partial charge in [0.2, 0.25) is 5.91 Å². The molecule has 0 saturated carbocycles. The minimum atomic E-state index is -0.766. The Morgan fingerprint density at radius 3 is 2.20 bits per heavy atom. The third kappa shape index (κ3) is 6.15. The van der Waals surface area contributed by atoms with E-state index < -0.39 is 12.1 Å². The van der Waals surface area contributed by atoms with Gasteiger partial charge < -0.3 is 15.4 Å². The summed E-state index contributed by atoms with van der Waals surface area (Å²) in [5, 5.41) is 5.41. The highest BCUT2D eigenvalue weighted by Gasteiger charge is 2.21. The van der Waals surface area contributed by atoms with Gasteiger partial charge in [-0.2, -0.15) is 12.6 Å². The summed E-state index contributed by atoms with van der Waals surface area (Å²) in [4.78, 5) is 24.2. The number of benzene rings is 2. The van der Waals surface area contributed by atoms with Gasteiger partial charge in [0.1, 0.15) is 12.6 Å². The number of nitrogens with one attached hydrogen (secondary N) is 2. The molecule has 1 unspecified atom stereocenters. The minimum Gasteiger partial charge on any atom is -0.445 e. The predicted octanol–water partition coefficient (Wildman–Crippen LogP) is 3.09. The Balaban J connectivity index is 1.83. The molecular formula is C19H22N2O3S. The van der Waals surface area contributed by atoms with E-state index in [0.29, 0.717) is 0 Å². The van der Waals surface area contributed by atoms with Gasteiger partial charge in [0.05, 0.1) is 6.04 Å². The van der Waals surface area contributed by atoms with Crippen molar-refractivity contribution in [1.82, 2.24) is 10.6 Å². The zero-order valence-electron chi connectivity index (χ0n) is 14.0. The fourth-order valence-electron chi connectivity index (χ4n) is 2.24. The fraction of sp³-hybridized carbons (Fsp3) is 0.263. The maximum atomic E-state index is 12.3. The van der Waals surface area contributed by atoms with Crippen LogP contribution in [0.2, 0.25) is 0 Å². The van der Waals surface area contributed by atoms with Crippen LogP contribution in [-0.2, 0) is 16.1 Å². The molecule has 0 bridgehead atoms. The molecule has 0 aliphatic carbocycles. The van der Waals surface area contributed by atoms with E-state index in [1.165, 1.54) is 0 Å². The number of amides is 2. The molecule has 2 rings (SSSR count). The summed E-state index contributed by atoms with van der Waals surface area (Å²) in [7, 11) is 0. The summed E-state index contributed by atoms with van der Waals surface area (Å²) in [6.45, 7) is 2.03. The van der Waals surface area contributed by atoms with Crippen LogP contribution in [0.5, 0.6) is 0 Å². The Bertz CT molecular complexity index is 680. The molecular weight excluding hydrogens is 336 g/mol. The molecule has 25 heavy (non-hydrogen) atoms.